The second-order valence-corrected chi connectivity index (χ2v) is 4.17. The number of hydrogen-bond donors (Lipinski definition) is 1. The van der Waals surface area contributed by atoms with Gasteiger partial charge < -0.3 is 5.11 Å². The Morgan fingerprint density at radius 2 is 2.00 bits per heavy atom. The van der Waals surface area contributed by atoms with E-state index in [1.165, 1.54) is 0 Å². The Morgan fingerprint density at radius 3 is 2.39 bits per heavy atom. The van der Waals surface area contributed by atoms with Crippen LogP contribution in [0.4, 0.5) is 13.2 Å². The van der Waals surface area contributed by atoms with Gasteiger partial charge in [0.25, 0.3) is 0 Å². The lowest BCUT2D eigenvalue weighted by Gasteiger charge is -2.13. The van der Waals surface area contributed by atoms with Gasteiger partial charge in [-0.3, -0.25) is 0 Å². The van der Waals surface area contributed by atoms with Crippen molar-refractivity contribution in [2.45, 2.75) is 51.8 Å². The largest absolute Gasteiger partial charge is 0.416 e. The Bertz CT molecular complexity index is 313. The van der Waals surface area contributed by atoms with Crippen LogP contribution in [0.2, 0.25) is 0 Å². The molecule has 0 aliphatic carbocycles. The Morgan fingerprint density at radius 1 is 1.39 bits per heavy atom. The minimum atomic E-state index is -4.40. The summed E-state index contributed by atoms with van der Waals surface area (Å²) in [6.07, 6.45) is 1.11. The van der Waals surface area contributed by atoms with Crippen LogP contribution in [-0.2, 0) is 0 Å². The third-order valence-electron chi connectivity index (χ3n) is 2.62. The normalized spacial score (nSPS) is 15.7. The predicted molar refractivity (Wildman–Crippen MR) is 68.2 cm³/mol. The molecule has 0 saturated heterocycles. The van der Waals surface area contributed by atoms with Crippen LogP contribution in [0.3, 0.4) is 0 Å². The molecule has 0 spiro atoms. The lowest BCUT2D eigenvalue weighted by molar-refractivity contribution is -0.0882. The molecule has 0 aromatic heterocycles. The van der Waals surface area contributed by atoms with Crippen molar-refractivity contribution in [1.82, 2.24) is 0 Å². The Balaban J connectivity index is 4.70. The van der Waals surface area contributed by atoms with Crippen molar-refractivity contribution in [3.63, 3.8) is 0 Å². The minimum Gasteiger partial charge on any atom is -0.393 e. The number of rotatable bonds is 7. The van der Waals surface area contributed by atoms with Crippen LogP contribution in [0, 0.1) is 0 Å². The van der Waals surface area contributed by atoms with E-state index in [9.17, 15) is 18.3 Å². The molecule has 0 radical (unpaired) electrons. The maximum Gasteiger partial charge on any atom is 0.416 e. The second-order valence-electron chi connectivity index (χ2n) is 4.17. The third-order valence-corrected chi connectivity index (χ3v) is 2.62. The van der Waals surface area contributed by atoms with Gasteiger partial charge in [0.1, 0.15) is 0 Å². The lowest BCUT2D eigenvalue weighted by Crippen LogP contribution is -2.11. The molecule has 0 aliphatic rings. The maximum absolute atomic E-state index is 12.5. The average molecular weight is 262 g/mol. The van der Waals surface area contributed by atoms with Crippen LogP contribution in [0.5, 0.6) is 0 Å². The van der Waals surface area contributed by atoms with E-state index in [4.69, 9.17) is 0 Å². The van der Waals surface area contributed by atoms with Gasteiger partial charge in [0.15, 0.2) is 0 Å². The summed E-state index contributed by atoms with van der Waals surface area (Å²) in [5.74, 6) is 0. The van der Waals surface area contributed by atoms with Crippen molar-refractivity contribution in [2.75, 3.05) is 0 Å². The highest BCUT2D eigenvalue weighted by molar-refractivity contribution is 5.32. The van der Waals surface area contributed by atoms with Crippen LogP contribution < -0.4 is 0 Å². The first kappa shape index (κ1) is 17.0. The van der Waals surface area contributed by atoms with Crippen molar-refractivity contribution in [3.05, 3.63) is 36.0 Å². The first-order valence-electron chi connectivity index (χ1n) is 6.09. The Hall–Kier alpha value is -1.03. The van der Waals surface area contributed by atoms with Crippen LogP contribution >= 0.6 is 0 Å². The molecule has 0 saturated carbocycles. The molecule has 18 heavy (non-hydrogen) atoms. The SMILES string of the molecule is C=C/C(=C\C(=C/C)CC(O)CCCC)C(F)(F)F. The van der Waals surface area contributed by atoms with Gasteiger partial charge in [0, 0.05) is 0 Å². The van der Waals surface area contributed by atoms with Crippen molar-refractivity contribution in [3.8, 4) is 0 Å². The molecule has 0 heterocycles. The van der Waals surface area contributed by atoms with Crippen LogP contribution in [-0.4, -0.2) is 17.4 Å². The highest BCUT2D eigenvalue weighted by atomic mass is 19.4. The molecular weight excluding hydrogens is 241 g/mol. The van der Waals surface area contributed by atoms with Crippen molar-refractivity contribution >= 4 is 0 Å². The lowest BCUT2D eigenvalue weighted by atomic mass is 10.0. The molecule has 104 valence electrons. The monoisotopic (exact) mass is 262 g/mol. The Kier molecular flexibility index (Phi) is 7.67. The predicted octanol–water partition coefficient (Wildman–Crippen LogP) is 4.55. The highest BCUT2D eigenvalue weighted by Crippen LogP contribution is 2.28. The van der Waals surface area contributed by atoms with E-state index >= 15 is 0 Å². The summed E-state index contributed by atoms with van der Waals surface area (Å²) in [7, 11) is 0. The summed E-state index contributed by atoms with van der Waals surface area (Å²) in [4.78, 5) is 0. The molecule has 0 fully saturated rings. The number of halogens is 3. The van der Waals surface area contributed by atoms with Crippen LogP contribution in [0.15, 0.2) is 36.0 Å². The van der Waals surface area contributed by atoms with Gasteiger partial charge in [0.05, 0.1) is 11.7 Å². The molecular formula is C14H21F3O. The van der Waals surface area contributed by atoms with Gasteiger partial charge in [-0.25, -0.2) is 0 Å². The van der Waals surface area contributed by atoms with Crippen LogP contribution in [0.1, 0.15) is 39.5 Å². The molecule has 1 atom stereocenters. The number of unbranched alkanes of at least 4 members (excludes halogenated alkanes) is 1. The zero-order chi connectivity index (χ0) is 14.2. The molecule has 0 rings (SSSR count). The van der Waals surface area contributed by atoms with Crippen molar-refractivity contribution in [2.24, 2.45) is 0 Å². The number of allylic oxidation sites excluding steroid dienone is 4. The topological polar surface area (TPSA) is 20.2 Å². The summed E-state index contributed by atoms with van der Waals surface area (Å²) >= 11 is 0. The molecule has 0 aromatic carbocycles. The average Bonchev–Trinajstić information content (AvgIpc) is 2.30. The number of hydrogen-bond acceptors (Lipinski definition) is 1. The van der Waals surface area contributed by atoms with E-state index in [0.29, 0.717) is 12.0 Å². The van der Waals surface area contributed by atoms with Gasteiger partial charge in [-0.1, -0.05) is 38.5 Å². The third kappa shape index (κ3) is 6.64. The zero-order valence-electron chi connectivity index (χ0n) is 10.9. The summed E-state index contributed by atoms with van der Waals surface area (Å²) in [5.41, 5.74) is -0.302. The summed E-state index contributed by atoms with van der Waals surface area (Å²) < 4.78 is 37.6. The number of aliphatic hydroxyl groups excluding tert-OH is 1. The van der Waals surface area contributed by atoms with Gasteiger partial charge in [0.2, 0.25) is 0 Å². The Labute approximate surface area is 107 Å². The molecule has 1 nitrogen and oxygen atoms in total. The summed E-state index contributed by atoms with van der Waals surface area (Å²) in [6.45, 7) is 6.83. The smallest absolute Gasteiger partial charge is 0.393 e. The molecule has 1 unspecified atom stereocenters. The first-order chi connectivity index (χ1) is 8.35. The fourth-order valence-electron chi connectivity index (χ4n) is 1.53. The van der Waals surface area contributed by atoms with Gasteiger partial charge in [-0.05, 0) is 31.4 Å². The van der Waals surface area contributed by atoms with E-state index in [2.05, 4.69) is 6.58 Å². The molecule has 0 aromatic rings. The summed E-state index contributed by atoms with van der Waals surface area (Å²) in [5, 5.41) is 9.69. The van der Waals surface area contributed by atoms with E-state index in [1.54, 1.807) is 13.0 Å². The standard InChI is InChI=1S/C14H21F3O/c1-4-7-8-13(18)10-11(5-2)9-12(6-3)14(15,16)17/h5-6,9,13,18H,3-4,7-8,10H2,1-2H3/b11-5+,12-9+. The zero-order valence-corrected chi connectivity index (χ0v) is 10.9. The van der Waals surface area contributed by atoms with Gasteiger partial charge in [-0.15, -0.1) is 0 Å². The first-order valence-corrected chi connectivity index (χ1v) is 6.09. The second kappa shape index (κ2) is 8.14. The molecule has 0 amide bonds. The molecule has 0 bridgehead atoms. The number of alkyl halides is 3. The van der Waals surface area contributed by atoms with E-state index < -0.39 is 17.9 Å². The quantitative estimate of drug-likeness (QED) is 0.667. The van der Waals surface area contributed by atoms with Crippen molar-refractivity contribution < 1.29 is 18.3 Å². The maximum atomic E-state index is 12.5. The molecule has 4 heteroatoms. The molecule has 1 N–H and O–H groups in total. The van der Waals surface area contributed by atoms with E-state index in [0.717, 1.165) is 25.0 Å². The highest BCUT2D eigenvalue weighted by Gasteiger charge is 2.31. The van der Waals surface area contributed by atoms with Crippen molar-refractivity contribution in [1.29, 1.82) is 0 Å². The number of aliphatic hydroxyl groups is 1. The van der Waals surface area contributed by atoms with Crippen LogP contribution in [0.25, 0.3) is 0 Å². The fourth-order valence-corrected chi connectivity index (χ4v) is 1.53. The minimum absolute atomic E-state index is 0.240. The van der Waals surface area contributed by atoms with Gasteiger partial charge in [-0.2, -0.15) is 13.2 Å². The summed E-state index contributed by atoms with van der Waals surface area (Å²) in [6, 6.07) is 0. The fraction of sp³-hybridized carbons (Fsp3) is 0.571. The molecule has 0 aliphatic heterocycles. The van der Waals surface area contributed by atoms with Gasteiger partial charge >= 0.3 is 6.18 Å². The van der Waals surface area contributed by atoms with E-state index in [1.807, 2.05) is 6.92 Å². The van der Waals surface area contributed by atoms with E-state index in [-0.39, 0.29) is 6.42 Å².